The summed E-state index contributed by atoms with van der Waals surface area (Å²) in [5.74, 6) is -0.776. The lowest BCUT2D eigenvalue weighted by atomic mass is 9.96. The number of rotatable bonds is 8. The van der Waals surface area contributed by atoms with Crippen LogP contribution in [0, 0.1) is 0 Å². The van der Waals surface area contributed by atoms with E-state index in [2.05, 4.69) is 10.3 Å². The van der Waals surface area contributed by atoms with Crippen LogP contribution in [-0.2, 0) is 11.3 Å². The summed E-state index contributed by atoms with van der Waals surface area (Å²) < 4.78 is 1.99. The van der Waals surface area contributed by atoms with Crippen molar-refractivity contribution in [2.24, 2.45) is 0 Å². The van der Waals surface area contributed by atoms with Gasteiger partial charge in [-0.2, -0.15) is 0 Å². The van der Waals surface area contributed by atoms with Gasteiger partial charge < -0.3 is 15.0 Å². The van der Waals surface area contributed by atoms with Crippen LogP contribution >= 0.6 is 0 Å². The monoisotopic (exact) mass is 239 g/mol. The van der Waals surface area contributed by atoms with Gasteiger partial charge in [-0.05, 0) is 26.3 Å². The Morgan fingerprint density at radius 1 is 1.59 bits per heavy atom. The Morgan fingerprint density at radius 3 is 2.88 bits per heavy atom. The molecule has 0 bridgehead atoms. The molecular weight excluding hydrogens is 218 g/mol. The highest BCUT2D eigenvalue weighted by Gasteiger charge is 2.30. The molecule has 5 heteroatoms. The summed E-state index contributed by atoms with van der Waals surface area (Å²) in [7, 11) is 0. The molecule has 0 aliphatic heterocycles. The van der Waals surface area contributed by atoms with Gasteiger partial charge in [0.1, 0.15) is 5.54 Å². The third kappa shape index (κ3) is 4.19. The Balaban J connectivity index is 2.30. The van der Waals surface area contributed by atoms with Gasteiger partial charge in [-0.1, -0.05) is 13.3 Å². The Hall–Kier alpha value is -1.36. The second-order valence-electron chi connectivity index (χ2n) is 4.47. The number of carbonyl (C=O) groups is 1. The van der Waals surface area contributed by atoms with E-state index in [1.54, 1.807) is 19.4 Å². The van der Waals surface area contributed by atoms with E-state index in [0.717, 1.165) is 19.4 Å². The van der Waals surface area contributed by atoms with Gasteiger partial charge in [-0.15, -0.1) is 0 Å². The molecule has 0 saturated heterocycles. The Kier molecular flexibility index (Phi) is 5.15. The zero-order valence-corrected chi connectivity index (χ0v) is 10.5. The molecule has 17 heavy (non-hydrogen) atoms. The van der Waals surface area contributed by atoms with Crippen molar-refractivity contribution in [1.82, 2.24) is 14.9 Å². The van der Waals surface area contributed by atoms with Crippen LogP contribution in [0.15, 0.2) is 18.7 Å². The van der Waals surface area contributed by atoms with Gasteiger partial charge in [0.05, 0.1) is 6.33 Å². The first kappa shape index (κ1) is 13.7. The highest BCUT2D eigenvalue weighted by Crippen LogP contribution is 2.12. The van der Waals surface area contributed by atoms with Crippen LogP contribution in [0.25, 0.3) is 0 Å². The third-order valence-corrected chi connectivity index (χ3v) is 2.89. The molecule has 1 aromatic rings. The zero-order chi connectivity index (χ0) is 12.7. The standard InChI is InChI=1S/C12H21N3O2/c1-3-5-12(2,11(16)17)14-6-4-8-15-9-7-13-10-15/h7,9-10,14H,3-6,8H2,1-2H3,(H,16,17). The molecule has 1 rings (SSSR count). The van der Waals surface area contributed by atoms with E-state index < -0.39 is 11.5 Å². The van der Waals surface area contributed by atoms with Crippen molar-refractivity contribution in [3.05, 3.63) is 18.7 Å². The minimum absolute atomic E-state index is 0.646. The van der Waals surface area contributed by atoms with E-state index in [1.165, 1.54) is 0 Å². The average Bonchev–Trinajstić information content (AvgIpc) is 2.77. The molecule has 0 spiro atoms. The molecule has 1 aromatic heterocycles. The summed E-state index contributed by atoms with van der Waals surface area (Å²) in [6.07, 6.45) is 7.81. The molecule has 0 aromatic carbocycles. The molecule has 96 valence electrons. The van der Waals surface area contributed by atoms with Crippen LogP contribution in [0.5, 0.6) is 0 Å². The van der Waals surface area contributed by atoms with Gasteiger partial charge >= 0.3 is 5.97 Å². The summed E-state index contributed by atoms with van der Waals surface area (Å²) in [5, 5.41) is 12.3. The number of imidazole rings is 1. The van der Waals surface area contributed by atoms with E-state index >= 15 is 0 Å². The maximum absolute atomic E-state index is 11.2. The van der Waals surface area contributed by atoms with Gasteiger partial charge in [0.15, 0.2) is 0 Å². The normalized spacial score (nSPS) is 14.5. The summed E-state index contributed by atoms with van der Waals surface area (Å²) in [6.45, 7) is 5.29. The fourth-order valence-electron chi connectivity index (χ4n) is 1.82. The van der Waals surface area contributed by atoms with Crippen molar-refractivity contribution in [1.29, 1.82) is 0 Å². The largest absolute Gasteiger partial charge is 0.480 e. The number of hydrogen-bond acceptors (Lipinski definition) is 3. The summed E-state index contributed by atoms with van der Waals surface area (Å²) >= 11 is 0. The van der Waals surface area contributed by atoms with Crippen LogP contribution < -0.4 is 5.32 Å². The number of aromatic nitrogens is 2. The number of carboxylic acid groups (broad SMARTS) is 1. The molecule has 0 fully saturated rings. The van der Waals surface area contributed by atoms with E-state index in [1.807, 2.05) is 17.7 Å². The fraction of sp³-hybridized carbons (Fsp3) is 0.667. The first-order valence-electron chi connectivity index (χ1n) is 6.02. The third-order valence-electron chi connectivity index (χ3n) is 2.89. The maximum Gasteiger partial charge on any atom is 0.323 e. The Labute approximate surface area is 102 Å². The molecule has 0 radical (unpaired) electrons. The Bertz CT molecular complexity index is 338. The van der Waals surface area contributed by atoms with Crippen LogP contribution in [0.3, 0.4) is 0 Å². The van der Waals surface area contributed by atoms with Crippen molar-refractivity contribution < 1.29 is 9.90 Å². The molecule has 1 unspecified atom stereocenters. The molecule has 0 amide bonds. The highest BCUT2D eigenvalue weighted by atomic mass is 16.4. The maximum atomic E-state index is 11.2. The van der Waals surface area contributed by atoms with E-state index in [9.17, 15) is 4.79 Å². The molecule has 1 atom stereocenters. The SMILES string of the molecule is CCCC(C)(NCCCn1ccnc1)C(=O)O. The number of carboxylic acids is 1. The molecule has 5 nitrogen and oxygen atoms in total. The molecule has 1 heterocycles. The predicted molar refractivity (Wildman–Crippen MR) is 65.8 cm³/mol. The lowest BCUT2D eigenvalue weighted by Crippen LogP contribution is -2.49. The lowest BCUT2D eigenvalue weighted by Gasteiger charge is -2.25. The average molecular weight is 239 g/mol. The number of hydrogen-bond donors (Lipinski definition) is 2. The van der Waals surface area contributed by atoms with E-state index in [0.29, 0.717) is 13.0 Å². The molecule has 0 aliphatic rings. The first-order valence-corrected chi connectivity index (χ1v) is 6.02. The van der Waals surface area contributed by atoms with Crippen LogP contribution in [0.2, 0.25) is 0 Å². The number of aliphatic carboxylic acids is 1. The predicted octanol–water partition coefficient (Wildman–Crippen LogP) is 1.51. The van der Waals surface area contributed by atoms with Gasteiger partial charge in [0.2, 0.25) is 0 Å². The van der Waals surface area contributed by atoms with Gasteiger partial charge in [-0.3, -0.25) is 4.79 Å². The van der Waals surface area contributed by atoms with Crippen LogP contribution in [0.4, 0.5) is 0 Å². The van der Waals surface area contributed by atoms with Crippen molar-refractivity contribution in [3.8, 4) is 0 Å². The van der Waals surface area contributed by atoms with Crippen molar-refractivity contribution in [3.63, 3.8) is 0 Å². The summed E-state index contributed by atoms with van der Waals surface area (Å²) in [4.78, 5) is 15.1. The molecular formula is C12H21N3O2. The topological polar surface area (TPSA) is 67.2 Å². The van der Waals surface area contributed by atoms with E-state index in [4.69, 9.17) is 5.11 Å². The number of nitrogens with zero attached hydrogens (tertiary/aromatic N) is 2. The van der Waals surface area contributed by atoms with Gasteiger partial charge in [0.25, 0.3) is 0 Å². The van der Waals surface area contributed by atoms with Crippen LogP contribution in [0.1, 0.15) is 33.1 Å². The summed E-state index contributed by atoms with van der Waals surface area (Å²) in [5.41, 5.74) is -0.802. The first-order chi connectivity index (χ1) is 8.08. The molecule has 0 saturated carbocycles. The van der Waals surface area contributed by atoms with Crippen molar-refractivity contribution >= 4 is 5.97 Å². The van der Waals surface area contributed by atoms with Gasteiger partial charge in [0, 0.05) is 18.9 Å². The van der Waals surface area contributed by atoms with Crippen molar-refractivity contribution in [2.45, 2.75) is 45.2 Å². The molecule has 2 N–H and O–H groups in total. The van der Waals surface area contributed by atoms with Crippen molar-refractivity contribution in [2.75, 3.05) is 6.54 Å². The van der Waals surface area contributed by atoms with E-state index in [-0.39, 0.29) is 0 Å². The quantitative estimate of drug-likeness (QED) is 0.675. The number of nitrogens with one attached hydrogen (secondary N) is 1. The second kappa shape index (κ2) is 6.39. The zero-order valence-electron chi connectivity index (χ0n) is 10.5. The fourth-order valence-corrected chi connectivity index (χ4v) is 1.82. The molecule has 0 aliphatic carbocycles. The summed E-state index contributed by atoms with van der Waals surface area (Å²) in [6, 6.07) is 0. The highest BCUT2D eigenvalue weighted by molar-refractivity contribution is 5.78. The second-order valence-corrected chi connectivity index (χ2v) is 4.47. The minimum atomic E-state index is -0.802. The smallest absolute Gasteiger partial charge is 0.323 e. The van der Waals surface area contributed by atoms with Gasteiger partial charge in [-0.25, -0.2) is 4.98 Å². The lowest BCUT2D eigenvalue weighted by molar-refractivity contribution is -0.144. The Morgan fingerprint density at radius 2 is 2.35 bits per heavy atom. The van der Waals surface area contributed by atoms with Crippen LogP contribution in [-0.4, -0.2) is 32.7 Å². The minimum Gasteiger partial charge on any atom is -0.480 e. The number of aryl methyl sites for hydroxylation is 1.